The molecule has 2 aromatic heterocycles. The number of aromatic nitrogens is 3. The maximum Gasteiger partial charge on any atom is 2.00 e. The van der Waals surface area contributed by atoms with Gasteiger partial charge in [0, 0.05) is 48.6 Å². The molecular weight excluding hydrogens is 743 g/mol. The molecule has 0 aliphatic heterocycles. The zero-order chi connectivity index (χ0) is 31.5. The third kappa shape index (κ3) is 9.42. The fourth-order valence-corrected chi connectivity index (χ4v) is 5.13. The van der Waals surface area contributed by atoms with E-state index in [1.54, 1.807) is 31.7 Å². The minimum atomic E-state index is -0.346. The summed E-state index contributed by atoms with van der Waals surface area (Å²) in [6.45, 7) is 7.81. The normalized spacial score (nSPS) is 11.6. The number of fused-ring (bicyclic) bond motifs is 1. The second kappa shape index (κ2) is 17.7. The van der Waals surface area contributed by atoms with Gasteiger partial charge in [0.25, 0.3) is 0 Å². The van der Waals surface area contributed by atoms with Gasteiger partial charge in [-0.1, -0.05) is 6.07 Å². The number of nitrogens with zero attached hydrogens (tertiary/aromatic N) is 3. The average molecular weight is 785 g/mol. The molecule has 4 rings (SSSR count). The number of carbonyl (C=O) groups excluding carboxylic acids is 2. The summed E-state index contributed by atoms with van der Waals surface area (Å²) >= 11 is 0. The molecule has 4 aromatic rings. The zero-order valence-corrected chi connectivity index (χ0v) is 28.7. The van der Waals surface area contributed by atoms with Crippen molar-refractivity contribution in [1.82, 2.24) is 25.0 Å². The molecule has 0 aliphatic carbocycles. The molecule has 238 valence electrons. The van der Waals surface area contributed by atoms with Gasteiger partial charge in [-0.15, -0.1) is 19.6 Å². The van der Waals surface area contributed by atoms with Crippen molar-refractivity contribution in [2.45, 2.75) is 32.6 Å². The van der Waals surface area contributed by atoms with Gasteiger partial charge in [-0.25, -0.2) is 14.4 Å². The van der Waals surface area contributed by atoms with E-state index in [0.29, 0.717) is 80.1 Å². The number of nitrogens with one attached hydrogen (secondary N) is 4. The van der Waals surface area contributed by atoms with Gasteiger partial charge >= 0.3 is 21.1 Å². The SMILES string of the molecule is [CH2-]CNC[CH-]CNC(=O)C(CCN)CCCC(=O)c1ccc(Nc2nccn3c(-c4ccc(NC)c(F)c4)cnc23)cc1C.[W+2]. The Morgan fingerprint density at radius 2 is 1.96 bits per heavy atom. The van der Waals surface area contributed by atoms with Gasteiger partial charge in [0.05, 0.1) is 17.6 Å². The standard InChI is InChI=1S/C33H41FN8O2.W/c1-4-37-15-6-16-39-33(44)23(13-14-35)7-5-8-30(43)26-11-10-25(19-22(26)2)41-31-32-40-21-29(42(32)18-17-38-31)24-9-12-28(36-3)27(34)20-24;/h6,9-12,17-21,23,36-37H,1,4-5,7-8,13-16,35H2,2-3H3,(H,38,41)(H,39,44);/q-2;+2. The molecule has 45 heavy (non-hydrogen) atoms. The summed E-state index contributed by atoms with van der Waals surface area (Å²) in [4.78, 5) is 34.7. The molecule has 1 unspecified atom stereocenters. The minimum absolute atomic E-state index is 0. The van der Waals surface area contributed by atoms with Crippen LogP contribution in [0.1, 0.15) is 41.6 Å². The van der Waals surface area contributed by atoms with Crippen LogP contribution in [0.2, 0.25) is 0 Å². The third-order valence-electron chi connectivity index (χ3n) is 7.48. The van der Waals surface area contributed by atoms with Gasteiger partial charge in [-0.3, -0.25) is 20.4 Å². The molecule has 0 spiro atoms. The number of anilines is 3. The Labute approximate surface area is 278 Å². The number of hydrogen-bond acceptors (Lipinski definition) is 8. The summed E-state index contributed by atoms with van der Waals surface area (Å²) in [7, 11) is 1.68. The predicted molar refractivity (Wildman–Crippen MR) is 173 cm³/mol. The van der Waals surface area contributed by atoms with Crippen molar-refractivity contribution < 1.29 is 35.0 Å². The number of Topliss-reactive ketones (excluding diaryl/α,β-unsaturated/α-hetero) is 1. The maximum atomic E-state index is 14.4. The van der Waals surface area contributed by atoms with Gasteiger partial charge in [-0.05, 0) is 68.6 Å². The average Bonchev–Trinajstić information content (AvgIpc) is 3.45. The molecule has 6 N–H and O–H groups in total. The van der Waals surface area contributed by atoms with Crippen molar-refractivity contribution >= 4 is 34.5 Å². The number of ketones is 1. The summed E-state index contributed by atoms with van der Waals surface area (Å²) in [5.41, 5.74) is 10.4. The van der Waals surface area contributed by atoms with Crippen LogP contribution >= 0.6 is 0 Å². The molecule has 0 saturated heterocycles. The Balaban J connectivity index is 0.00000552. The van der Waals surface area contributed by atoms with Crippen LogP contribution in [0.4, 0.5) is 21.6 Å². The van der Waals surface area contributed by atoms with E-state index in [1.165, 1.54) is 6.07 Å². The quantitative estimate of drug-likeness (QED) is 0.0592. The first kappa shape index (κ1) is 35.8. The van der Waals surface area contributed by atoms with E-state index in [1.807, 2.05) is 42.0 Å². The van der Waals surface area contributed by atoms with E-state index in [0.717, 1.165) is 16.9 Å². The molecule has 0 aliphatic rings. The number of rotatable bonds is 17. The predicted octanol–water partition coefficient (Wildman–Crippen LogP) is 4.69. The van der Waals surface area contributed by atoms with Gasteiger partial charge in [0.1, 0.15) is 5.82 Å². The molecule has 0 radical (unpaired) electrons. The Bertz CT molecular complexity index is 1580. The molecule has 0 saturated carbocycles. The van der Waals surface area contributed by atoms with E-state index in [2.05, 4.69) is 38.2 Å². The van der Waals surface area contributed by atoms with Crippen molar-refractivity contribution in [1.29, 1.82) is 0 Å². The monoisotopic (exact) mass is 784 g/mol. The van der Waals surface area contributed by atoms with Crippen LogP contribution < -0.4 is 27.0 Å². The Morgan fingerprint density at radius 3 is 2.67 bits per heavy atom. The van der Waals surface area contributed by atoms with Crippen LogP contribution in [-0.2, 0) is 25.9 Å². The molecule has 2 aromatic carbocycles. The van der Waals surface area contributed by atoms with E-state index < -0.39 is 0 Å². The van der Waals surface area contributed by atoms with Crippen LogP contribution in [0.3, 0.4) is 0 Å². The van der Waals surface area contributed by atoms with E-state index in [9.17, 15) is 14.0 Å². The number of imidazole rings is 1. The van der Waals surface area contributed by atoms with E-state index in [4.69, 9.17) is 5.73 Å². The van der Waals surface area contributed by atoms with Crippen molar-refractivity contribution in [2.24, 2.45) is 11.7 Å². The molecule has 1 amide bonds. The third-order valence-corrected chi connectivity index (χ3v) is 7.48. The molecule has 0 fully saturated rings. The summed E-state index contributed by atoms with van der Waals surface area (Å²) in [5, 5.41) is 12.1. The molecule has 2 heterocycles. The summed E-state index contributed by atoms with van der Waals surface area (Å²) in [6.07, 6.45) is 9.18. The molecule has 10 nitrogen and oxygen atoms in total. The van der Waals surface area contributed by atoms with Crippen LogP contribution in [0.15, 0.2) is 55.0 Å². The first-order valence-electron chi connectivity index (χ1n) is 14.9. The van der Waals surface area contributed by atoms with Crippen molar-refractivity contribution in [2.75, 3.05) is 43.9 Å². The van der Waals surface area contributed by atoms with Gasteiger partial charge in [-0.2, -0.15) is 0 Å². The second-order valence-corrected chi connectivity index (χ2v) is 10.5. The first-order valence-corrected chi connectivity index (χ1v) is 14.9. The Kier molecular flexibility index (Phi) is 14.1. The largest absolute Gasteiger partial charge is 2.00 e. The maximum absolute atomic E-state index is 14.4. The van der Waals surface area contributed by atoms with Crippen LogP contribution in [0, 0.1) is 32.0 Å². The van der Waals surface area contributed by atoms with Crippen molar-refractivity contribution in [3.8, 4) is 11.3 Å². The Morgan fingerprint density at radius 1 is 1.13 bits per heavy atom. The summed E-state index contributed by atoms with van der Waals surface area (Å²) in [5.74, 6) is -0.0398. The van der Waals surface area contributed by atoms with Gasteiger partial charge in [0.2, 0.25) is 5.91 Å². The fraction of sp³-hybridized carbons (Fsp3) is 0.333. The smallest absolute Gasteiger partial charge is 0.386 e. The summed E-state index contributed by atoms with van der Waals surface area (Å²) < 4.78 is 16.3. The topological polar surface area (TPSA) is 138 Å². The molecule has 1 atom stereocenters. The van der Waals surface area contributed by atoms with Crippen LogP contribution in [0.5, 0.6) is 0 Å². The van der Waals surface area contributed by atoms with E-state index >= 15 is 0 Å². The molecule has 0 bridgehead atoms. The first-order chi connectivity index (χ1) is 21.4. The number of benzene rings is 2. The Hall–Kier alpha value is -3.66. The molecule has 12 heteroatoms. The minimum Gasteiger partial charge on any atom is -0.386 e. The van der Waals surface area contributed by atoms with E-state index in [-0.39, 0.29) is 44.5 Å². The zero-order valence-electron chi connectivity index (χ0n) is 25.7. The van der Waals surface area contributed by atoms with Crippen LogP contribution in [0.25, 0.3) is 16.9 Å². The number of carbonyl (C=O) groups is 2. The second-order valence-electron chi connectivity index (χ2n) is 10.5. The molecular formula is C33H41FN8O2W. The van der Waals surface area contributed by atoms with Crippen LogP contribution in [-0.4, -0.2) is 59.3 Å². The number of nitrogens with two attached hydrogens (primary N) is 1. The summed E-state index contributed by atoms with van der Waals surface area (Å²) in [6, 6.07) is 10.5. The number of aryl methyl sites for hydroxylation is 1. The van der Waals surface area contributed by atoms with Gasteiger partial charge < -0.3 is 33.9 Å². The van der Waals surface area contributed by atoms with Gasteiger partial charge in [0.15, 0.2) is 17.2 Å². The number of hydrogen-bond donors (Lipinski definition) is 5. The van der Waals surface area contributed by atoms with Crippen molar-refractivity contribution in [3.05, 3.63) is 85.3 Å². The fourth-order valence-electron chi connectivity index (χ4n) is 5.13. The number of halogens is 1. The van der Waals surface area contributed by atoms with Crippen molar-refractivity contribution in [3.63, 3.8) is 0 Å². The number of amides is 1.